The molecule has 128 valence electrons. The number of carbonyl (C=O) groups excluding carboxylic acids is 2. The number of amides is 1. The summed E-state index contributed by atoms with van der Waals surface area (Å²) in [4.78, 5) is 23.8. The van der Waals surface area contributed by atoms with E-state index in [1.165, 1.54) is 6.92 Å². The number of benzene rings is 1. The van der Waals surface area contributed by atoms with Gasteiger partial charge in [-0.2, -0.15) is 5.26 Å². The summed E-state index contributed by atoms with van der Waals surface area (Å²) in [6.45, 7) is 1.45. The summed E-state index contributed by atoms with van der Waals surface area (Å²) >= 11 is 0. The molecule has 0 spiro atoms. The minimum absolute atomic E-state index is 0.00603. The maximum Gasteiger partial charge on any atom is 0.306 e. The molecule has 0 aromatic heterocycles. The highest BCUT2D eigenvalue weighted by molar-refractivity contribution is 7.91. The van der Waals surface area contributed by atoms with E-state index in [2.05, 4.69) is 5.32 Å². The van der Waals surface area contributed by atoms with Gasteiger partial charge in [-0.05, 0) is 43.5 Å². The van der Waals surface area contributed by atoms with Crippen LogP contribution in [0.15, 0.2) is 24.3 Å². The van der Waals surface area contributed by atoms with Crippen LogP contribution in [0, 0.1) is 17.2 Å². The summed E-state index contributed by atoms with van der Waals surface area (Å²) in [5, 5.41) is 11.3. The molecular weight excluding hydrogens is 332 g/mol. The number of nitrogens with one attached hydrogen (secondary N) is 1. The summed E-state index contributed by atoms with van der Waals surface area (Å²) in [6, 6.07) is 8.25. The van der Waals surface area contributed by atoms with Crippen LogP contribution in [0.25, 0.3) is 0 Å². The van der Waals surface area contributed by atoms with Gasteiger partial charge in [-0.25, -0.2) is 8.42 Å². The lowest BCUT2D eigenvalue weighted by Gasteiger charge is -2.15. The molecule has 1 saturated heterocycles. The lowest BCUT2D eigenvalue weighted by Crippen LogP contribution is -2.30. The standard InChI is InChI=1S/C16H18N2O5S/c1-11(16(20)18-14-4-2-12(9-17)3-5-14)23-15(19)8-13-6-7-24(21,22)10-13/h2-5,11,13H,6-8,10H2,1H3,(H,18,20)/t11-,13-/m0/s1. The highest BCUT2D eigenvalue weighted by atomic mass is 32.2. The normalized spacial score (nSPS) is 19.9. The lowest BCUT2D eigenvalue weighted by molar-refractivity contribution is -0.153. The number of sulfone groups is 1. The minimum Gasteiger partial charge on any atom is -0.453 e. The molecule has 0 unspecified atom stereocenters. The van der Waals surface area contributed by atoms with Crippen LogP contribution in [-0.2, 0) is 24.2 Å². The van der Waals surface area contributed by atoms with Gasteiger partial charge in [-0.15, -0.1) is 0 Å². The van der Waals surface area contributed by atoms with E-state index in [0.29, 0.717) is 17.7 Å². The predicted octanol–water partition coefficient (Wildman–Crippen LogP) is 1.25. The number of anilines is 1. The molecule has 1 aliphatic rings. The molecule has 1 aromatic carbocycles. The van der Waals surface area contributed by atoms with E-state index in [-0.39, 0.29) is 23.8 Å². The molecule has 1 aromatic rings. The Morgan fingerprint density at radius 3 is 2.58 bits per heavy atom. The second-order valence-electron chi connectivity index (χ2n) is 5.78. The Bertz CT molecular complexity index is 765. The molecular formula is C16H18N2O5S. The summed E-state index contributed by atoms with van der Waals surface area (Å²) in [5.74, 6) is -1.23. The molecule has 1 amide bonds. The summed E-state index contributed by atoms with van der Waals surface area (Å²) in [5.41, 5.74) is 0.961. The molecule has 1 N–H and O–H groups in total. The van der Waals surface area contributed by atoms with E-state index in [0.717, 1.165) is 0 Å². The van der Waals surface area contributed by atoms with Crippen LogP contribution >= 0.6 is 0 Å². The third kappa shape index (κ3) is 5.06. The highest BCUT2D eigenvalue weighted by Crippen LogP contribution is 2.22. The SMILES string of the molecule is C[C@H](OC(=O)C[C@@H]1CCS(=O)(=O)C1)C(=O)Nc1ccc(C#N)cc1. The Labute approximate surface area is 140 Å². The van der Waals surface area contributed by atoms with Gasteiger partial charge in [-0.3, -0.25) is 9.59 Å². The van der Waals surface area contributed by atoms with Crippen LogP contribution in [0.3, 0.4) is 0 Å². The first-order valence-corrected chi connectivity index (χ1v) is 9.32. The van der Waals surface area contributed by atoms with Crippen molar-refractivity contribution in [2.75, 3.05) is 16.8 Å². The molecule has 8 heteroatoms. The third-order valence-electron chi connectivity index (χ3n) is 3.74. The van der Waals surface area contributed by atoms with E-state index < -0.39 is 27.8 Å². The number of hydrogen-bond acceptors (Lipinski definition) is 6. The van der Waals surface area contributed by atoms with Crippen molar-refractivity contribution in [2.45, 2.75) is 25.9 Å². The van der Waals surface area contributed by atoms with E-state index in [4.69, 9.17) is 10.00 Å². The second-order valence-corrected chi connectivity index (χ2v) is 8.01. The van der Waals surface area contributed by atoms with Gasteiger partial charge in [0.15, 0.2) is 15.9 Å². The molecule has 24 heavy (non-hydrogen) atoms. The van der Waals surface area contributed by atoms with Crippen LogP contribution in [0.1, 0.15) is 25.3 Å². The first kappa shape index (κ1) is 17.9. The maximum atomic E-state index is 12.0. The van der Waals surface area contributed by atoms with Crippen molar-refractivity contribution in [3.05, 3.63) is 29.8 Å². The summed E-state index contributed by atoms with van der Waals surface area (Å²) < 4.78 is 27.8. The van der Waals surface area contributed by atoms with Gasteiger partial charge < -0.3 is 10.1 Å². The Balaban J connectivity index is 1.82. The zero-order valence-corrected chi connectivity index (χ0v) is 14.0. The number of ether oxygens (including phenoxy) is 1. The zero-order chi connectivity index (χ0) is 17.7. The molecule has 2 rings (SSSR count). The third-order valence-corrected chi connectivity index (χ3v) is 5.58. The molecule has 0 saturated carbocycles. The van der Waals surface area contributed by atoms with Crippen LogP contribution in [-0.4, -0.2) is 37.9 Å². The van der Waals surface area contributed by atoms with Crippen LogP contribution in [0.5, 0.6) is 0 Å². The van der Waals surface area contributed by atoms with E-state index in [1.807, 2.05) is 6.07 Å². The maximum absolute atomic E-state index is 12.0. The average Bonchev–Trinajstić information content (AvgIpc) is 2.86. The van der Waals surface area contributed by atoms with Crippen molar-refractivity contribution in [3.63, 3.8) is 0 Å². The topological polar surface area (TPSA) is 113 Å². The number of nitrogens with zero attached hydrogens (tertiary/aromatic N) is 1. The van der Waals surface area contributed by atoms with Crippen molar-refractivity contribution in [2.24, 2.45) is 5.92 Å². The number of carbonyl (C=O) groups is 2. The van der Waals surface area contributed by atoms with E-state index in [1.54, 1.807) is 24.3 Å². The largest absolute Gasteiger partial charge is 0.453 e. The second kappa shape index (κ2) is 7.45. The van der Waals surface area contributed by atoms with Gasteiger partial charge in [0, 0.05) is 12.1 Å². The van der Waals surface area contributed by atoms with Crippen molar-refractivity contribution in [1.82, 2.24) is 0 Å². The highest BCUT2D eigenvalue weighted by Gasteiger charge is 2.30. The number of esters is 1. The summed E-state index contributed by atoms with van der Waals surface area (Å²) in [6.07, 6.45) is -0.553. The minimum atomic E-state index is -3.04. The lowest BCUT2D eigenvalue weighted by atomic mass is 10.1. The average molecular weight is 350 g/mol. The van der Waals surface area contributed by atoms with Crippen molar-refractivity contribution < 1.29 is 22.7 Å². The van der Waals surface area contributed by atoms with Gasteiger partial charge in [-0.1, -0.05) is 0 Å². The molecule has 7 nitrogen and oxygen atoms in total. The van der Waals surface area contributed by atoms with E-state index >= 15 is 0 Å². The molecule has 0 radical (unpaired) electrons. The Morgan fingerprint density at radius 1 is 1.38 bits per heavy atom. The fourth-order valence-corrected chi connectivity index (χ4v) is 4.30. The molecule has 0 aliphatic carbocycles. The Kier molecular flexibility index (Phi) is 5.57. The van der Waals surface area contributed by atoms with Crippen LogP contribution in [0.4, 0.5) is 5.69 Å². The number of nitriles is 1. The Morgan fingerprint density at radius 2 is 2.04 bits per heavy atom. The van der Waals surface area contributed by atoms with Crippen LogP contribution in [0.2, 0.25) is 0 Å². The fourth-order valence-electron chi connectivity index (χ4n) is 2.44. The molecule has 0 bridgehead atoms. The molecule has 1 heterocycles. The summed E-state index contributed by atoms with van der Waals surface area (Å²) in [7, 11) is -3.04. The monoisotopic (exact) mass is 350 g/mol. The molecule has 2 atom stereocenters. The van der Waals surface area contributed by atoms with Gasteiger partial charge in [0.2, 0.25) is 0 Å². The first-order valence-electron chi connectivity index (χ1n) is 7.50. The predicted molar refractivity (Wildman–Crippen MR) is 86.7 cm³/mol. The van der Waals surface area contributed by atoms with Gasteiger partial charge in [0.1, 0.15) is 0 Å². The van der Waals surface area contributed by atoms with Crippen molar-refractivity contribution in [3.8, 4) is 6.07 Å². The number of rotatable bonds is 5. The quantitative estimate of drug-likeness (QED) is 0.800. The van der Waals surface area contributed by atoms with Crippen LogP contribution < -0.4 is 5.32 Å². The molecule has 1 aliphatic heterocycles. The first-order chi connectivity index (χ1) is 11.3. The zero-order valence-electron chi connectivity index (χ0n) is 13.2. The van der Waals surface area contributed by atoms with Crippen molar-refractivity contribution in [1.29, 1.82) is 5.26 Å². The molecule has 1 fully saturated rings. The smallest absolute Gasteiger partial charge is 0.306 e. The van der Waals surface area contributed by atoms with Gasteiger partial charge >= 0.3 is 5.97 Å². The fraction of sp³-hybridized carbons (Fsp3) is 0.438. The van der Waals surface area contributed by atoms with Crippen molar-refractivity contribution >= 4 is 27.4 Å². The van der Waals surface area contributed by atoms with Gasteiger partial charge in [0.05, 0.1) is 23.1 Å². The Hall–Kier alpha value is -2.40. The number of hydrogen-bond donors (Lipinski definition) is 1. The van der Waals surface area contributed by atoms with Gasteiger partial charge in [0.25, 0.3) is 5.91 Å². The van der Waals surface area contributed by atoms with E-state index in [9.17, 15) is 18.0 Å².